The van der Waals surface area contributed by atoms with Crippen LogP contribution >= 0.6 is 0 Å². The van der Waals surface area contributed by atoms with Crippen LogP contribution in [-0.4, -0.2) is 31.9 Å². The van der Waals surface area contributed by atoms with E-state index in [0.29, 0.717) is 6.42 Å². The number of rotatable bonds is 7. The zero-order valence-corrected chi connectivity index (χ0v) is 12.5. The van der Waals surface area contributed by atoms with Gasteiger partial charge in [-0.15, -0.1) is 0 Å². The van der Waals surface area contributed by atoms with E-state index in [9.17, 15) is 18.0 Å². The van der Waals surface area contributed by atoms with Gasteiger partial charge in [-0.1, -0.05) is 6.92 Å². The molecule has 1 aromatic carbocycles. The Hall–Kier alpha value is -2.13. The Kier molecular flexibility index (Phi) is 5.68. The highest BCUT2D eigenvalue weighted by Gasteiger charge is 2.16. The van der Waals surface area contributed by atoms with E-state index in [1.165, 1.54) is 25.1 Å². The fraction of sp³-hybridized carbons (Fsp3) is 0.333. The van der Waals surface area contributed by atoms with Crippen LogP contribution in [0.5, 0.6) is 0 Å². The molecule has 0 aliphatic rings. The average molecular weight is 315 g/mol. The van der Waals surface area contributed by atoms with Gasteiger partial charge in [-0.3, -0.25) is 9.52 Å². The molecule has 8 nitrogen and oxygen atoms in total. The van der Waals surface area contributed by atoms with Crippen molar-refractivity contribution in [1.29, 1.82) is 0 Å². The lowest BCUT2D eigenvalue weighted by Crippen LogP contribution is -2.31. The van der Waals surface area contributed by atoms with E-state index < -0.39 is 16.2 Å². The zero-order valence-electron chi connectivity index (χ0n) is 11.6. The number of carboxylic acid groups (broad SMARTS) is 1. The lowest BCUT2D eigenvalue weighted by Gasteiger charge is -2.12. The first-order valence-electron chi connectivity index (χ1n) is 6.17. The molecule has 0 heterocycles. The number of hydrogen-bond acceptors (Lipinski definition) is 4. The number of amides is 1. The van der Waals surface area contributed by atoms with Gasteiger partial charge in [0, 0.05) is 19.2 Å². The lowest BCUT2D eigenvalue weighted by molar-refractivity contribution is -0.114. The Bertz CT molecular complexity index is 642. The summed E-state index contributed by atoms with van der Waals surface area (Å²) in [7, 11) is -3.84. The van der Waals surface area contributed by atoms with Crippen LogP contribution in [0.2, 0.25) is 0 Å². The van der Waals surface area contributed by atoms with Crippen molar-refractivity contribution in [3.05, 3.63) is 23.8 Å². The molecule has 4 N–H and O–H groups in total. The molecule has 1 amide bonds. The molecule has 21 heavy (non-hydrogen) atoms. The second-order valence-corrected chi connectivity index (χ2v) is 5.75. The molecule has 0 unspecified atom stereocenters. The summed E-state index contributed by atoms with van der Waals surface area (Å²) in [5, 5.41) is 11.6. The number of carbonyl (C=O) groups excluding carboxylic acids is 1. The van der Waals surface area contributed by atoms with E-state index in [2.05, 4.69) is 14.8 Å². The molecule has 0 saturated carbocycles. The Labute approximate surface area is 122 Å². The minimum atomic E-state index is -3.84. The quantitative estimate of drug-likeness (QED) is 0.597. The highest BCUT2D eigenvalue weighted by atomic mass is 32.2. The van der Waals surface area contributed by atoms with Gasteiger partial charge in [-0.2, -0.15) is 13.1 Å². The van der Waals surface area contributed by atoms with Crippen molar-refractivity contribution in [2.75, 3.05) is 16.6 Å². The molecule has 0 aliphatic carbocycles. The fourth-order valence-electron chi connectivity index (χ4n) is 1.51. The van der Waals surface area contributed by atoms with Crippen molar-refractivity contribution in [1.82, 2.24) is 4.72 Å². The van der Waals surface area contributed by atoms with E-state index in [1.807, 2.05) is 0 Å². The third kappa shape index (κ3) is 5.40. The summed E-state index contributed by atoms with van der Waals surface area (Å²) >= 11 is 0. The minimum Gasteiger partial charge on any atom is -0.478 e. The zero-order chi connectivity index (χ0) is 16.0. The van der Waals surface area contributed by atoms with Gasteiger partial charge in [-0.05, 0) is 24.6 Å². The van der Waals surface area contributed by atoms with Crippen LogP contribution < -0.4 is 14.8 Å². The molecule has 0 spiro atoms. The Morgan fingerprint density at radius 2 is 1.95 bits per heavy atom. The van der Waals surface area contributed by atoms with Crippen molar-refractivity contribution in [2.24, 2.45) is 0 Å². The third-order valence-electron chi connectivity index (χ3n) is 2.36. The minimum absolute atomic E-state index is 0.0831. The second-order valence-electron chi connectivity index (χ2n) is 4.25. The second kappa shape index (κ2) is 7.04. The standard InChI is InChI=1S/C12H17N3O5S/c1-3-6-13-21(19,20)15-11-5-4-9(14-8(2)16)7-10(11)12(17)18/h4-5,7,13,15H,3,6H2,1-2H3,(H,14,16)(H,17,18). The summed E-state index contributed by atoms with van der Waals surface area (Å²) in [5.41, 5.74) is -0.0762. The largest absolute Gasteiger partial charge is 0.478 e. The smallest absolute Gasteiger partial charge is 0.337 e. The third-order valence-corrected chi connectivity index (χ3v) is 3.43. The summed E-state index contributed by atoms with van der Waals surface area (Å²) in [5.74, 6) is -1.67. The summed E-state index contributed by atoms with van der Waals surface area (Å²) in [6.45, 7) is 3.32. The maximum atomic E-state index is 11.7. The summed E-state index contributed by atoms with van der Waals surface area (Å²) in [6.07, 6.45) is 0.605. The van der Waals surface area contributed by atoms with Crippen molar-refractivity contribution < 1.29 is 23.1 Å². The van der Waals surface area contributed by atoms with Gasteiger partial charge in [0.25, 0.3) is 10.2 Å². The van der Waals surface area contributed by atoms with Gasteiger partial charge in [0.2, 0.25) is 5.91 Å². The molecule has 0 atom stereocenters. The number of carboxylic acids is 1. The molecule has 116 valence electrons. The summed E-state index contributed by atoms with van der Waals surface area (Å²) < 4.78 is 27.8. The molecule has 1 aromatic rings. The van der Waals surface area contributed by atoms with Crippen LogP contribution in [0.25, 0.3) is 0 Å². The van der Waals surface area contributed by atoms with Crippen LogP contribution in [0.3, 0.4) is 0 Å². The topological polar surface area (TPSA) is 125 Å². The normalized spacial score (nSPS) is 11.0. The maximum Gasteiger partial charge on any atom is 0.337 e. The van der Waals surface area contributed by atoms with Gasteiger partial charge in [0.15, 0.2) is 0 Å². The molecule has 0 radical (unpaired) electrons. The first kappa shape index (κ1) is 16.9. The predicted octanol–water partition coefficient (Wildman–Crippen LogP) is 0.999. The summed E-state index contributed by atoms with van der Waals surface area (Å²) in [4.78, 5) is 22.1. The van der Waals surface area contributed by atoms with Crippen LogP contribution in [0, 0.1) is 0 Å². The SMILES string of the molecule is CCCNS(=O)(=O)Nc1ccc(NC(C)=O)cc1C(=O)O. The molecular formula is C12H17N3O5S. The van der Waals surface area contributed by atoms with Crippen molar-refractivity contribution in [3.8, 4) is 0 Å². The van der Waals surface area contributed by atoms with Crippen LogP contribution in [0.4, 0.5) is 11.4 Å². The Balaban J connectivity index is 3.07. The van der Waals surface area contributed by atoms with E-state index in [-0.39, 0.29) is 29.4 Å². The number of hydrogen-bond donors (Lipinski definition) is 4. The number of aromatic carboxylic acids is 1. The highest BCUT2D eigenvalue weighted by molar-refractivity contribution is 7.90. The molecule has 1 rings (SSSR count). The molecule has 0 saturated heterocycles. The average Bonchev–Trinajstić information content (AvgIpc) is 2.37. The molecule has 0 aromatic heterocycles. The van der Waals surface area contributed by atoms with E-state index in [4.69, 9.17) is 5.11 Å². The monoisotopic (exact) mass is 315 g/mol. The number of anilines is 2. The van der Waals surface area contributed by atoms with Gasteiger partial charge in [0.05, 0.1) is 11.3 Å². The Morgan fingerprint density at radius 1 is 1.29 bits per heavy atom. The van der Waals surface area contributed by atoms with Gasteiger partial charge < -0.3 is 10.4 Å². The number of carbonyl (C=O) groups is 2. The molecular weight excluding hydrogens is 298 g/mol. The summed E-state index contributed by atoms with van der Waals surface area (Å²) in [6, 6.07) is 3.87. The lowest BCUT2D eigenvalue weighted by atomic mass is 10.1. The fourth-order valence-corrected chi connectivity index (χ4v) is 2.52. The predicted molar refractivity (Wildman–Crippen MR) is 78.5 cm³/mol. The van der Waals surface area contributed by atoms with Crippen molar-refractivity contribution >= 4 is 33.5 Å². The molecule has 9 heteroatoms. The maximum absolute atomic E-state index is 11.7. The van der Waals surface area contributed by atoms with Crippen LogP contribution in [-0.2, 0) is 15.0 Å². The molecule has 0 bridgehead atoms. The van der Waals surface area contributed by atoms with E-state index in [1.54, 1.807) is 6.92 Å². The highest BCUT2D eigenvalue weighted by Crippen LogP contribution is 2.21. The van der Waals surface area contributed by atoms with Gasteiger partial charge in [-0.25, -0.2) is 4.79 Å². The molecule has 0 aliphatic heterocycles. The molecule has 0 fully saturated rings. The Morgan fingerprint density at radius 3 is 2.48 bits per heavy atom. The van der Waals surface area contributed by atoms with Crippen LogP contribution in [0.1, 0.15) is 30.6 Å². The van der Waals surface area contributed by atoms with E-state index in [0.717, 1.165) is 0 Å². The van der Waals surface area contributed by atoms with Crippen LogP contribution in [0.15, 0.2) is 18.2 Å². The number of benzene rings is 1. The van der Waals surface area contributed by atoms with Gasteiger partial charge in [0.1, 0.15) is 0 Å². The van der Waals surface area contributed by atoms with Crippen molar-refractivity contribution in [2.45, 2.75) is 20.3 Å². The van der Waals surface area contributed by atoms with E-state index >= 15 is 0 Å². The first-order valence-corrected chi connectivity index (χ1v) is 7.66. The number of nitrogens with one attached hydrogen (secondary N) is 3. The van der Waals surface area contributed by atoms with Gasteiger partial charge >= 0.3 is 5.97 Å². The van der Waals surface area contributed by atoms with Crippen molar-refractivity contribution in [3.63, 3.8) is 0 Å². The first-order chi connectivity index (χ1) is 9.75.